The molecule has 2 unspecified atom stereocenters. The van der Waals surface area contributed by atoms with Crippen LogP contribution >= 0.6 is 0 Å². The van der Waals surface area contributed by atoms with Crippen LogP contribution in [0.4, 0.5) is 11.4 Å². The number of hydrogen-bond donors (Lipinski definition) is 1. The van der Waals surface area contributed by atoms with Crippen molar-refractivity contribution >= 4 is 21.2 Å². The van der Waals surface area contributed by atoms with Crippen molar-refractivity contribution < 1.29 is 18.1 Å². The summed E-state index contributed by atoms with van der Waals surface area (Å²) in [7, 11) is -3.51. The standard InChI is InChI=1S/C20H24N2O5S/c1-14-5-7-15(8-6-14)20-16(4-3-11-27-20)13-21-18-10-9-17(28(2,25)26)12-19(18)22(23)24/h5-10,12,16,20-21H,3-4,11,13H2,1-2H3. The van der Waals surface area contributed by atoms with E-state index in [1.165, 1.54) is 17.7 Å². The van der Waals surface area contributed by atoms with Crippen molar-refractivity contribution in [2.24, 2.45) is 5.92 Å². The van der Waals surface area contributed by atoms with E-state index in [-0.39, 0.29) is 22.6 Å². The van der Waals surface area contributed by atoms with Crippen molar-refractivity contribution in [1.29, 1.82) is 0 Å². The van der Waals surface area contributed by atoms with Crippen LogP contribution in [0.1, 0.15) is 30.1 Å². The molecule has 2 aromatic carbocycles. The Bertz CT molecular complexity index is 957. The molecule has 0 aliphatic carbocycles. The molecule has 1 fully saturated rings. The minimum absolute atomic E-state index is 0.0664. The Morgan fingerprint density at radius 3 is 2.57 bits per heavy atom. The minimum atomic E-state index is -3.51. The Morgan fingerprint density at radius 1 is 1.21 bits per heavy atom. The summed E-state index contributed by atoms with van der Waals surface area (Å²) in [6.07, 6.45) is 2.84. The summed E-state index contributed by atoms with van der Waals surface area (Å²) in [6, 6.07) is 12.2. The Morgan fingerprint density at radius 2 is 1.93 bits per heavy atom. The third kappa shape index (κ3) is 4.69. The number of sulfone groups is 1. The van der Waals surface area contributed by atoms with E-state index in [0.29, 0.717) is 18.8 Å². The topological polar surface area (TPSA) is 98.5 Å². The zero-order valence-electron chi connectivity index (χ0n) is 15.9. The molecule has 3 rings (SSSR count). The Balaban J connectivity index is 1.79. The molecule has 1 aliphatic heterocycles. The number of benzene rings is 2. The summed E-state index contributed by atoms with van der Waals surface area (Å²) in [6.45, 7) is 3.22. The molecule has 1 saturated heterocycles. The maximum Gasteiger partial charge on any atom is 0.293 e. The predicted molar refractivity (Wildman–Crippen MR) is 107 cm³/mol. The molecule has 0 saturated carbocycles. The fraction of sp³-hybridized carbons (Fsp3) is 0.400. The van der Waals surface area contributed by atoms with Crippen LogP contribution in [0.5, 0.6) is 0 Å². The lowest BCUT2D eigenvalue weighted by Crippen LogP contribution is -2.28. The summed E-state index contributed by atoms with van der Waals surface area (Å²) >= 11 is 0. The van der Waals surface area contributed by atoms with Gasteiger partial charge in [-0.15, -0.1) is 0 Å². The zero-order chi connectivity index (χ0) is 20.3. The first-order chi connectivity index (χ1) is 13.3. The number of ether oxygens (including phenoxy) is 1. The largest absolute Gasteiger partial charge is 0.379 e. The maximum absolute atomic E-state index is 11.7. The van der Waals surface area contributed by atoms with Gasteiger partial charge in [-0.3, -0.25) is 10.1 Å². The van der Waals surface area contributed by atoms with E-state index in [1.54, 1.807) is 0 Å². The molecule has 150 valence electrons. The van der Waals surface area contributed by atoms with E-state index in [2.05, 4.69) is 17.4 Å². The monoisotopic (exact) mass is 404 g/mol. The Hall–Kier alpha value is -2.45. The van der Waals surface area contributed by atoms with Gasteiger partial charge in [-0.05, 0) is 37.5 Å². The van der Waals surface area contributed by atoms with Gasteiger partial charge in [0, 0.05) is 31.4 Å². The summed E-state index contributed by atoms with van der Waals surface area (Å²) in [5.41, 5.74) is 2.34. The highest BCUT2D eigenvalue weighted by Gasteiger charge is 2.28. The number of nitrogens with zero attached hydrogens (tertiary/aromatic N) is 1. The molecule has 2 aromatic rings. The molecular weight excluding hydrogens is 380 g/mol. The van der Waals surface area contributed by atoms with Gasteiger partial charge in [-0.2, -0.15) is 0 Å². The number of rotatable bonds is 6. The third-order valence-corrected chi connectivity index (χ3v) is 6.11. The normalized spacial score (nSPS) is 19.9. The summed E-state index contributed by atoms with van der Waals surface area (Å²) in [5, 5.41) is 14.6. The van der Waals surface area contributed by atoms with Gasteiger partial charge in [0.05, 0.1) is 15.9 Å². The van der Waals surface area contributed by atoms with Gasteiger partial charge in [0.25, 0.3) is 5.69 Å². The zero-order valence-corrected chi connectivity index (χ0v) is 16.7. The average Bonchev–Trinajstić information content (AvgIpc) is 2.66. The number of nitro groups is 1. The average molecular weight is 404 g/mol. The fourth-order valence-electron chi connectivity index (χ4n) is 3.46. The van der Waals surface area contributed by atoms with Crippen molar-refractivity contribution in [2.45, 2.75) is 30.8 Å². The van der Waals surface area contributed by atoms with E-state index in [1.807, 2.05) is 19.1 Å². The molecule has 0 spiro atoms. The highest BCUT2D eigenvalue weighted by Crippen LogP contribution is 2.35. The molecule has 7 nitrogen and oxygen atoms in total. The number of aryl methyl sites for hydroxylation is 1. The van der Waals surface area contributed by atoms with Gasteiger partial charge in [-0.1, -0.05) is 29.8 Å². The second-order valence-electron chi connectivity index (χ2n) is 7.19. The highest BCUT2D eigenvalue weighted by molar-refractivity contribution is 7.90. The summed E-state index contributed by atoms with van der Waals surface area (Å²) in [4.78, 5) is 10.8. The van der Waals surface area contributed by atoms with Crippen LogP contribution in [0.2, 0.25) is 0 Å². The molecule has 1 aliphatic rings. The molecule has 1 heterocycles. The van der Waals surface area contributed by atoms with Crippen LogP contribution < -0.4 is 5.32 Å². The number of anilines is 1. The lowest BCUT2D eigenvalue weighted by Gasteiger charge is -2.32. The van der Waals surface area contributed by atoms with E-state index in [9.17, 15) is 18.5 Å². The fourth-order valence-corrected chi connectivity index (χ4v) is 4.10. The van der Waals surface area contributed by atoms with Crippen LogP contribution in [-0.2, 0) is 14.6 Å². The molecule has 0 bridgehead atoms. The van der Waals surface area contributed by atoms with Gasteiger partial charge < -0.3 is 10.1 Å². The van der Waals surface area contributed by atoms with E-state index >= 15 is 0 Å². The first kappa shape index (κ1) is 20.3. The van der Waals surface area contributed by atoms with Gasteiger partial charge in [0.2, 0.25) is 0 Å². The molecule has 1 N–H and O–H groups in total. The van der Waals surface area contributed by atoms with Crippen molar-refractivity contribution in [1.82, 2.24) is 0 Å². The minimum Gasteiger partial charge on any atom is -0.379 e. The molecule has 0 aromatic heterocycles. The maximum atomic E-state index is 11.7. The summed E-state index contributed by atoms with van der Waals surface area (Å²) in [5.74, 6) is 0.158. The van der Waals surface area contributed by atoms with Crippen LogP contribution in [0.3, 0.4) is 0 Å². The van der Waals surface area contributed by atoms with Crippen LogP contribution in [-0.4, -0.2) is 32.7 Å². The smallest absolute Gasteiger partial charge is 0.293 e. The van der Waals surface area contributed by atoms with Gasteiger partial charge in [-0.25, -0.2) is 8.42 Å². The lowest BCUT2D eigenvalue weighted by molar-refractivity contribution is -0.384. The van der Waals surface area contributed by atoms with Crippen LogP contribution in [0.25, 0.3) is 0 Å². The Labute approximate surface area is 164 Å². The predicted octanol–water partition coefficient (Wildman–Crippen LogP) is 3.89. The van der Waals surface area contributed by atoms with Crippen molar-refractivity contribution in [3.8, 4) is 0 Å². The van der Waals surface area contributed by atoms with Crippen LogP contribution in [0, 0.1) is 23.0 Å². The summed E-state index contributed by atoms with van der Waals surface area (Å²) < 4.78 is 29.4. The van der Waals surface area contributed by atoms with Gasteiger partial charge in [0.15, 0.2) is 9.84 Å². The van der Waals surface area contributed by atoms with Crippen LogP contribution in [0.15, 0.2) is 47.4 Å². The number of hydrogen-bond acceptors (Lipinski definition) is 6. The lowest BCUT2D eigenvalue weighted by atomic mass is 9.89. The second kappa shape index (κ2) is 8.28. The molecule has 0 radical (unpaired) electrons. The van der Waals surface area contributed by atoms with Crippen molar-refractivity contribution in [3.63, 3.8) is 0 Å². The molecule has 8 heteroatoms. The SMILES string of the molecule is Cc1ccc(C2OCCCC2CNc2ccc(S(C)(=O)=O)cc2[N+](=O)[O-])cc1. The number of nitro benzene ring substituents is 1. The number of nitrogens with one attached hydrogen (secondary N) is 1. The van der Waals surface area contributed by atoms with Crippen molar-refractivity contribution in [2.75, 3.05) is 24.7 Å². The van der Waals surface area contributed by atoms with E-state index in [4.69, 9.17) is 4.74 Å². The highest BCUT2D eigenvalue weighted by atomic mass is 32.2. The molecule has 2 atom stereocenters. The first-order valence-electron chi connectivity index (χ1n) is 9.16. The molecular formula is C20H24N2O5S. The molecule has 28 heavy (non-hydrogen) atoms. The van der Waals surface area contributed by atoms with Crippen molar-refractivity contribution in [3.05, 3.63) is 63.7 Å². The van der Waals surface area contributed by atoms with Gasteiger partial charge >= 0.3 is 0 Å². The Kier molecular flexibility index (Phi) is 6.00. The second-order valence-corrected chi connectivity index (χ2v) is 9.21. The van der Waals surface area contributed by atoms with Gasteiger partial charge in [0.1, 0.15) is 5.69 Å². The van der Waals surface area contributed by atoms with E-state index in [0.717, 1.165) is 30.7 Å². The molecule has 0 amide bonds. The quantitative estimate of drug-likeness (QED) is 0.579. The third-order valence-electron chi connectivity index (χ3n) is 5.00. The van der Waals surface area contributed by atoms with E-state index < -0.39 is 14.8 Å². The first-order valence-corrected chi connectivity index (χ1v) is 11.1.